The second kappa shape index (κ2) is 6.66. The molecule has 1 aromatic rings. The molecular formula is C11H19ClN4. The number of rotatable bonds is 6. The van der Waals surface area contributed by atoms with Gasteiger partial charge < -0.3 is 10.2 Å². The molecule has 0 saturated carbocycles. The number of halogens is 1. The summed E-state index contributed by atoms with van der Waals surface area (Å²) in [6, 6.07) is 1.76. The van der Waals surface area contributed by atoms with E-state index in [-0.39, 0.29) is 0 Å². The summed E-state index contributed by atoms with van der Waals surface area (Å²) in [6.07, 6.45) is 0.796. The van der Waals surface area contributed by atoms with Crippen molar-refractivity contribution in [2.24, 2.45) is 0 Å². The lowest BCUT2D eigenvalue weighted by Gasteiger charge is -2.14. The lowest BCUT2D eigenvalue weighted by atomic mass is 10.4. The van der Waals surface area contributed by atoms with Crippen LogP contribution < -0.4 is 5.32 Å². The zero-order valence-corrected chi connectivity index (χ0v) is 10.9. The van der Waals surface area contributed by atoms with Gasteiger partial charge in [0.05, 0.1) is 0 Å². The van der Waals surface area contributed by atoms with Crippen molar-refractivity contribution in [3.8, 4) is 0 Å². The Kier molecular flexibility index (Phi) is 5.49. The molecule has 0 unspecified atom stereocenters. The third kappa shape index (κ3) is 4.33. The molecule has 0 atom stereocenters. The summed E-state index contributed by atoms with van der Waals surface area (Å²) >= 11 is 5.90. The van der Waals surface area contributed by atoms with E-state index in [0.717, 1.165) is 37.7 Å². The number of hydrogen-bond acceptors (Lipinski definition) is 4. The number of nitrogens with zero attached hydrogens (tertiary/aromatic N) is 3. The van der Waals surface area contributed by atoms with Crippen molar-refractivity contribution in [3.63, 3.8) is 0 Å². The zero-order valence-electron chi connectivity index (χ0n) is 10.1. The first kappa shape index (κ1) is 13.2. The molecule has 1 N–H and O–H groups in total. The van der Waals surface area contributed by atoms with E-state index in [1.54, 1.807) is 6.07 Å². The average Bonchev–Trinajstić information content (AvgIpc) is 2.28. The minimum absolute atomic E-state index is 0.498. The van der Waals surface area contributed by atoms with Gasteiger partial charge in [-0.2, -0.15) is 0 Å². The minimum Gasteiger partial charge on any atom is -0.369 e. The molecule has 4 nitrogen and oxygen atoms in total. The molecule has 1 aromatic heterocycles. The molecule has 0 fully saturated rings. The smallest absolute Gasteiger partial charge is 0.134 e. The summed E-state index contributed by atoms with van der Waals surface area (Å²) in [5.74, 6) is 1.58. The summed E-state index contributed by atoms with van der Waals surface area (Å²) in [7, 11) is 2.09. The van der Waals surface area contributed by atoms with E-state index in [9.17, 15) is 0 Å². The maximum Gasteiger partial charge on any atom is 0.134 e. The van der Waals surface area contributed by atoms with Crippen molar-refractivity contribution in [1.82, 2.24) is 14.9 Å². The van der Waals surface area contributed by atoms with Gasteiger partial charge in [-0.05, 0) is 13.6 Å². The van der Waals surface area contributed by atoms with Gasteiger partial charge in [-0.1, -0.05) is 25.4 Å². The van der Waals surface area contributed by atoms with Crippen molar-refractivity contribution >= 4 is 17.4 Å². The van der Waals surface area contributed by atoms with E-state index < -0.39 is 0 Å². The van der Waals surface area contributed by atoms with E-state index >= 15 is 0 Å². The number of anilines is 1. The molecule has 1 heterocycles. The molecule has 1 rings (SSSR count). The van der Waals surface area contributed by atoms with Gasteiger partial charge in [0.15, 0.2) is 0 Å². The van der Waals surface area contributed by atoms with Crippen LogP contribution in [0, 0.1) is 0 Å². The van der Waals surface area contributed by atoms with Crippen LogP contribution in [0.15, 0.2) is 6.07 Å². The molecule has 0 aromatic carbocycles. The molecule has 0 amide bonds. The van der Waals surface area contributed by atoms with Gasteiger partial charge in [0.25, 0.3) is 0 Å². The molecule has 0 aliphatic carbocycles. The highest BCUT2D eigenvalue weighted by atomic mass is 35.5. The van der Waals surface area contributed by atoms with Crippen molar-refractivity contribution < 1.29 is 0 Å². The fourth-order valence-corrected chi connectivity index (χ4v) is 1.45. The number of nitrogens with one attached hydrogen (secondary N) is 1. The molecule has 90 valence electrons. The van der Waals surface area contributed by atoms with Gasteiger partial charge in [0.1, 0.15) is 16.8 Å². The van der Waals surface area contributed by atoms with E-state index in [4.69, 9.17) is 11.6 Å². The highest BCUT2D eigenvalue weighted by Gasteiger charge is 2.01. The van der Waals surface area contributed by atoms with E-state index in [1.807, 2.05) is 6.92 Å². The fraction of sp³-hybridized carbons (Fsp3) is 0.636. The van der Waals surface area contributed by atoms with E-state index in [2.05, 4.69) is 34.2 Å². The minimum atomic E-state index is 0.498. The summed E-state index contributed by atoms with van der Waals surface area (Å²) in [5, 5.41) is 3.75. The Morgan fingerprint density at radius 2 is 2.12 bits per heavy atom. The number of aromatic nitrogens is 2. The summed E-state index contributed by atoms with van der Waals surface area (Å²) in [6.45, 7) is 7.05. The quantitative estimate of drug-likeness (QED) is 0.776. The van der Waals surface area contributed by atoms with Gasteiger partial charge in [-0.3, -0.25) is 0 Å². The van der Waals surface area contributed by atoms with Crippen molar-refractivity contribution in [2.45, 2.75) is 20.3 Å². The highest BCUT2D eigenvalue weighted by molar-refractivity contribution is 6.29. The summed E-state index contributed by atoms with van der Waals surface area (Å²) < 4.78 is 0. The van der Waals surface area contributed by atoms with Crippen LogP contribution in [-0.2, 0) is 6.42 Å². The SMILES string of the molecule is CCc1nc(Cl)cc(NCCN(C)CC)n1. The predicted octanol–water partition coefficient (Wildman–Crippen LogP) is 2.06. The molecule has 0 aliphatic rings. The Labute approximate surface area is 102 Å². The zero-order chi connectivity index (χ0) is 12.0. The normalized spacial score (nSPS) is 10.8. The van der Waals surface area contributed by atoms with Crippen LogP contribution in [0.5, 0.6) is 0 Å². The number of likely N-dealkylation sites (N-methyl/N-ethyl adjacent to an activating group) is 1. The molecule has 16 heavy (non-hydrogen) atoms. The van der Waals surface area contributed by atoms with Gasteiger partial charge in [0, 0.05) is 25.6 Å². The second-order valence-electron chi connectivity index (χ2n) is 3.67. The van der Waals surface area contributed by atoms with Crippen molar-refractivity contribution in [2.75, 3.05) is 32.0 Å². The number of hydrogen-bond donors (Lipinski definition) is 1. The lowest BCUT2D eigenvalue weighted by Crippen LogP contribution is -2.25. The maximum atomic E-state index is 5.90. The number of aryl methyl sites for hydroxylation is 1. The van der Waals surface area contributed by atoms with Crippen LogP contribution >= 0.6 is 11.6 Å². The summed E-state index contributed by atoms with van der Waals surface area (Å²) in [5.41, 5.74) is 0. The molecule has 0 saturated heterocycles. The fourth-order valence-electron chi connectivity index (χ4n) is 1.25. The van der Waals surface area contributed by atoms with Crippen LogP contribution in [0.3, 0.4) is 0 Å². The Balaban J connectivity index is 2.50. The maximum absolute atomic E-state index is 5.90. The van der Waals surface area contributed by atoms with E-state index in [1.165, 1.54) is 0 Å². The Bertz CT molecular complexity index is 330. The largest absolute Gasteiger partial charge is 0.369 e. The first-order chi connectivity index (χ1) is 7.65. The Hall–Kier alpha value is -0.870. The van der Waals surface area contributed by atoms with Crippen LogP contribution in [-0.4, -0.2) is 41.5 Å². The van der Waals surface area contributed by atoms with E-state index in [0.29, 0.717) is 5.15 Å². The van der Waals surface area contributed by atoms with Crippen molar-refractivity contribution in [3.05, 3.63) is 17.0 Å². The highest BCUT2D eigenvalue weighted by Crippen LogP contribution is 2.11. The Morgan fingerprint density at radius 1 is 1.38 bits per heavy atom. The van der Waals surface area contributed by atoms with Gasteiger partial charge >= 0.3 is 0 Å². The third-order valence-electron chi connectivity index (χ3n) is 2.40. The van der Waals surface area contributed by atoms with Crippen LogP contribution in [0.2, 0.25) is 5.15 Å². The first-order valence-electron chi connectivity index (χ1n) is 5.61. The average molecular weight is 243 g/mol. The van der Waals surface area contributed by atoms with Gasteiger partial charge in [-0.25, -0.2) is 9.97 Å². The predicted molar refractivity (Wildman–Crippen MR) is 68.1 cm³/mol. The van der Waals surface area contributed by atoms with Crippen LogP contribution in [0.4, 0.5) is 5.82 Å². The third-order valence-corrected chi connectivity index (χ3v) is 2.59. The first-order valence-corrected chi connectivity index (χ1v) is 5.99. The molecule has 5 heteroatoms. The van der Waals surface area contributed by atoms with Crippen molar-refractivity contribution in [1.29, 1.82) is 0 Å². The van der Waals surface area contributed by atoms with Gasteiger partial charge in [0.2, 0.25) is 0 Å². The second-order valence-corrected chi connectivity index (χ2v) is 4.06. The lowest BCUT2D eigenvalue weighted by molar-refractivity contribution is 0.367. The van der Waals surface area contributed by atoms with Crippen LogP contribution in [0.25, 0.3) is 0 Å². The standard InChI is InChI=1S/C11H19ClN4/c1-4-10-14-9(12)8-11(15-10)13-6-7-16(3)5-2/h8H,4-7H2,1-3H3,(H,13,14,15). The topological polar surface area (TPSA) is 41.1 Å². The molecular weight excluding hydrogens is 224 g/mol. The molecule has 0 spiro atoms. The van der Waals surface area contributed by atoms with Crippen LogP contribution in [0.1, 0.15) is 19.7 Å². The molecule has 0 bridgehead atoms. The summed E-state index contributed by atoms with van der Waals surface area (Å²) in [4.78, 5) is 10.7. The molecule has 0 radical (unpaired) electrons. The Morgan fingerprint density at radius 3 is 2.75 bits per heavy atom. The molecule has 0 aliphatic heterocycles. The monoisotopic (exact) mass is 242 g/mol. The van der Waals surface area contributed by atoms with Gasteiger partial charge in [-0.15, -0.1) is 0 Å².